The van der Waals surface area contributed by atoms with Crippen molar-refractivity contribution >= 4 is 55.4 Å². The maximum absolute atomic E-state index is 12.4. The van der Waals surface area contributed by atoms with Gasteiger partial charge < -0.3 is 10.1 Å². The summed E-state index contributed by atoms with van der Waals surface area (Å²) >= 11 is 2.64. The Morgan fingerprint density at radius 1 is 1.14 bits per heavy atom. The highest BCUT2D eigenvalue weighted by molar-refractivity contribution is 8.01. The van der Waals surface area contributed by atoms with Crippen molar-refractivity contribution in [1.29, 1.82) is 0 Å². The smallest absolute Gasteiger partial charge is 0.229 e. The number of hydrogen-bond acceptors (Lipinski definition) is 9. The zero-order valence-electron chi connectivity index (χ0n) is 15.6. The van der Waals surface area contributed by atoms with E-state index in [4.69, 9.17) is 4.74 Å². The van der Waals surface area contributed by atoms with Crippen molar-refractivity contribution in [1.82, 2.24) is 10.2 Å². The molecule has 0 fully saturated rings. The van der Waals surface area contributed by atoms with Gasteiger partial charge in [0, 0.05) is 23.0 Å². The second-order valence-electron chi connectivity index (χ2n) is 5.89. The number of carbonyl (C=O) groups excluding carboxylic acids is 1. The summed E-state index contributed by atoms with van der Waals surface area (Å²) in [7, 11) is -1.74. The van der Waals surface area contributed by atoms with Gasteiger partial charge in [0.15, 0.2) is 10.1 Å². The summed E-state index contributed by atoms with van der Waals surface area (Å²) in [4.78, 5) is 12.4. The van der Waals surface area contributed by atoms with Crippen molar-refractivity contribution in [2.75, 3.05) is 29.2 Å². The second kappa shape index (κ2) is 9.25. The third-order valence-corrected chi connectivity index (χ3v) is 6.14. The number of ketones is 1. The van der Waals surface area contributed by atoms with Gasteiger partial charge in [0.25, 0.3) is 0 Å². The van der Waals surface area contributed by atoms with Gasteiger partial charge in [-0.3, -0.25) is 9.52 Å². The van der Waals surface area contributed by atoms with Crippen molar-refractivity contribution < 1.29 is 17.9 Å². The second-order valence-corrected chi connectivity index (χ2v) is 9.84. The van der Waals surface area contributed by atoms with E-state index in [1.54, 1.807) is 31.4 Å². The number of nitrogens with zero attached hydrogens (tertiary/aromatic N) is 2. The molecule has 0 spiro atoms. The molecule has 1 heterocycles. The Kier molecular flexibility index (Phi) is 6.72. The molecule has 0 aliphatic rings. The maximum atomic E-state index is 12.4. The number of Topliss-reactive ketones (excluding diaryl/α,β-unsaturated/α-hetero) is 1. The van der Waals surface area contributed by atoms with Crippen LogP contribution in [0.4, 0.5) is 16.5 Å². The van der Waals surface area contributed by atoms with Crippen LogP contribution < -0.4 is 14.8 Å². The van der Waals surface area contributed by atoms with Crippen molar-refractivity contribution in [3.63, 3.8) is 0 Å². The van der Waals surface area contributed by atoms with Crippen molar-refractivity contribution in [2.45, 2.75) is 4.34 Å². The molecule has 152 valence electrons. The lowest BCUT2D eigenvalue weighted by molar-refractivity contribution is 0.102. The van der Waals surface area contributed by atoms with E-state index < -0.39 is 10.0 Å². The molecule has 0 saturated carbocycles. The molecule has 3 aromatic rings. The zero-order chi connectivity index (χ0) is 20.9. The Bertz CT molecular complexity index is 1100. The van der Waals surface area contributed by atoms with Crippen LogP contribution >= 0.6 is 23.1 Å². The fourth-order valence-electron chi connectivity index (χ4n) is 2.29. The van der Waals surface area contributed by atoms with E-state index in [1.165, 1.54) is 23.1 Å². The Balaban J connectivity index is 1.55. The predicted octanol–water partition coefficient (Wildman–Crippen LogP) is 3.64. The lowest BCUT2D eigenvalue weighted by Gasteiger charge is -2.05. The monoisotopic (exact) mass is 450 g/mol. The molecule has 8 nitrogen and oxygen atoms in total. The van der Waals surface area contributed by atoms with E-state index in [0.717, 1.165) is 17.7 Å². The number of benzene rings is 2. The van der Waals surface area contributed by atoms with E-state index in [9.17, 15) is 13.2 Å². The van der Waals surface area contributed by atoms with Gasteiger partial charge in [-0.15, -0.1) is 10.2 Å². The van der Waals surface area contributed by atoms with Gasteiger partial charge >= 0.3 is 0 Å². The molecule has 0 unspecified atom stereocenters. The molecule has 0 atom stereocenters. The Hall–Kier alpha value is -2.63. The Morgan fingerprint density at radius 2 is 1.90 bits per heavy atom. The first-order valence-corrected chi connectivity index (χ1v) is 12.0. The highest BCUT2D eigenvalue weighted by atomic mass is 32.2. The SMILES string of the molecule is COc1cccc(Nc2nnc(SCC(=O)c3ccc(NS(C)(=O)=O)cc3)s2)c1. The fourth-order valence-corrected chi connectivity index (χ4v) is 4.52. The van der Waals surface area contributed by atoms with Crippen LogP contribution in [0.1, 0.15) is 10.4 Å². The first-order chi connectivity index (χ1) is 13.8. The molecular formula is C18H18N4O4S3. The number of anilines is 3. The Labute approximate surface area is 176 Å². The third-order valence-electron chi connectivity index (χ3n) is 3.56. The van der Waals surface area contributed by atoms with Gasteiger partial charge in [-0.2, -0.15) is 0 Å². The zero-order valence-corrected chi connectivity index (χ0v) is 18.0. The van der Waals surface area contributed by atoms with Gasteiger partial charge in [0.1, 0.15) is 5.75 Å². The van der Waals surface area contributed by atoms with Crippen LogP contribution in [0.25, 0.3) is 0 Å². The summed E-state index contributed by atoms with van der Waals surface area (Å²) in [6, 6.07) is 13.7. The summed E-state index contributed by atoms with van der Waals surface area (Å²) in [5.41, 5.74) is 1.74. The molecule has 0 saturated heterocycles. The minimum Gasteiger partial charge on any atom is -0.497 e. The maximum Gasteiger partial charge on any atom is 0.229 e. The standard InChI is InChI=1S/C18H18N4O4S3/c1-26-15-5-3-4-14(10-15)19-17-20-21-18(28-17)27-11-16(23)12-6-8-13(9-7-12)22-29(2,24)25/h3-10,22H,11H2,1-2H3,(H,19,20). The van der Waals surface area contributed by atoms with E-state index in [2.05, 4.69) is 20.2 Å². The van der Waals surface area contributed by atoms with Crippen LogP contribution in [-0.4, -0.2) is 43.5 Å². The number of hydrogen-bond donors (Lipinski definition) is 2. The highest BCUT2D eigenvalue weighted by Crippen LogP contribution is 2.29. The van der Waals surface area contributed by atoms with Gasteiger partial charge in [0.2, 0.25) is 15.2 Å². The molecule has 0 bridgehead atoms. The van der Waals surface area contributed by atoms with Crippen molar-refractivity contribution in [3.8, 4) is 5.75 Å². The highest BCUT2D eigenvalue weighted by Gasteiger charge is 2.11. The lowest BCUT2D eigenvalue weighted by atomic mass is 10.1. The number of rotatable bonds is 9. The average molecular weight is 451 g/mol. The topological polar surface area (TPSA) is 110 Å². The summed E-state index contributed by atoms with van der Waals surface area (Å²) < 4.78 is 30.7. The summed E-state index contributed by atoms with van der Waals surface area (Å²) in [6.07, 6.45) is 1.07. The molecule has 0 aliphatic carbocycles. The Morgan fingerprint density at radius 3 is 2.59 bits per heavy atom. The predicted molar refractivity (Wildman–Crippen MR) is 116 cm³/mol. The summed E-state index contributed by atoms with van der Waals surface area (Å²) in [5, 5.41) is 11.9. The molecule has 2 aromatic carbocycles. The van der Waals surface area contributed by atoms with Crippen LogP contribution in [0.15, 0.2) is 52.9 Å². The van der Waals surface area contributed by atoms with E-state index in [1.807, 2.05) is 24.3 Å². The number of sulfonamides is 1. The first kappa shape index (κ1) is 21.1. The molecule has 11 heteroatoms. The lowest BCUT2D eigenvalue weighted by Crippen LogP contribution is -2.10. The quantitative estimate of drug-likeness (QED) is 0.376. The van der Waals surface area contributed by atoms with Crippen LogP contribution in [0.3, 0.4) is 0 Å². The van der Waals surface area contributed by atoms with Crippen LogP contribution in [-0.2, 0) is 10.0 Å². The van der Waals surface area contributed by atoms with Crippen LogP contribution in [0, 0.1) is 0 Å². The van der Waals surface area contributed by atoms with Crippen molar-refractivity contribution in [2.24, 2.45) is 0 Å². The number of aromatic nitrogens is 2. The number of thioether (sulfide) groups is 1. The molecule has 29 heavy (non-hydrogen) atoms. The summed E-state index contributed by atoms with van der Waals surface area (Å²) in [5.74, 6) is 0.850. The van der Waals surface area contributed by atoms with E-state index >= 15 is 0 Å². The number of methoxy groups -OCH3 is 1. The van der Waals surface area contributed by atoms with Gasteiger partial charge in [-0.25, -0.2) is 8.42 Å². The molecule has 0 amide bonds. The van der Waals surface area contributed by atoms with Gasteiger partial charge in [-0.1, -0.05) is 29.2 Å². The minimum absolute atomic E-state index is 0.0848. The molecule has 0 radical (unpaired) electrons. The molecule has 2 N–H and O–H groups in total. The fraction of sp³-hybridized carbons (Fsp3) is 0.167. The van der Waals surface area contributed by atoms with E-state index in [-0.39, 0.29) is 11.5 Å². The number of ether oxygens (including phenoxy) is 1. The van der Waals surface area contributed by atoms with Gasteiger partial charge in [-0.05, 0) is 36.4 Å². The number of nitrogens with one attached hydrogen (secondary N) is 2. The number of carbonyl (C=O) groups is 1. The van der Waals surface area contributed by atoms with Gasteiger partial charge in [0.05, 0.1) is 19.1 Å². The third kappa shape index (κ3) is 6.44. The normalized spacial score (nSPS) is 11.1. The summed E-state index contributed by atoms with van der Waals surface area (Å²) in [6.45, 7) is 0. The molecule has 0 aliphatic heterocycles. The van der Waals surface area contributed by atoms with Crippen LogP contribution in [0.2, 0.25) is 0 Å². The minimum atomic E-state index is -3.35. The van der Waals surface area contributed by atoms with Crippen molar-refractivity contribution in [3.05, 3.63) is 54.1 Å². The van der Waals surface area contributed by atoms with Crippen LogP contribution in [0.5, 0.6) is 5.75 Å². The molecular weight excluding hydrogens is 432 g/mol. The van der Waals surface area contributed by atoms with E-state index in [0.29, 0.717) is 20.7 Å². The average Bonchev–Trinajstić information content (AvgIpc) is 3.13. The first-order valence-electron chi connectivity index (χ1n) is 8.31. The largest absolute Gasteiger partial charge is 0.497 e. The molecule has 1 aromatic heterocycles. The molecule has 3 rings (SSSR count).